The van der Waals surface area contributed by atoms with Crippen LogP contribution in [0.15, 0.2) is 18.2 Å². The molecule has 0 unspecified atom stereocenters. The van der Waals surface area contributed by atoms with E-state index in [1.807, 2.05) is 7.05 Å². The van der Waals surface area contributed by atoms with Gasteiger partial charge in [0.2, 0.25) is 0 Å². The Morgan fingerprint density at radius 3 is 2.56 bits per heavy atom. The van der Waals surface area contributed by atoms with Crippen molar-refractivity contribution >= 4 is 5.91 Å². The number of benzene rings is 1. The van der Waals surface area contributed by atoms with Gasteiger partial charge in [-0.2, -0.15) is 0 Å². The van der Waals surface area contributed by atoms with E-state index in [9.17, 15) is 9.18 Å². The zero-order valence-electron chi connectivity index (χ0n) is 10.6. The van der Waals surface area contributed by atoms with Gasteiger partial charge in [0.05, 0.1) is 12.7 Å². The number of methoxy groups -OCH3 is 1. The summed E-state index contributed by atoms with van der Waals surface area (Å²) in [5.74, 6) is -0.270. The molecule has 1 aromatic carbocycles. The van der Waals surface area contributed by atoms with Gasteiger partial charge in [0.1, 0.15) is 11.6 Å². The number of carbonyl (C=O) groups is 1. The molecular formula is C13H17FN2O2. The summed E-state index contributed by atoms with van der Waals surface area (Å²) < 4.78 is 18.7. The average molecular weight is 252 g/mol. The van der Waals surface area contributed by atoms with Crippen LogP contribution in [0, 0.1) is 5.82 Å². The lowest BCUT2D eigenvalue weighted by atomic mass is 10.1. The number of halogens is 1. The zero-order chi connectivity index (χ0) is 13.1. The van der Waals surface area contributed by atoms with Gasteiger partial charge in [-0.25, -0.2) is 4.39 Å². The van der Waals surface area contributed by atoms with Gasteiger partial charge in [-0.3, -0.25) is 4.79 Å². The predicted octanol–water partition coefficient (Wildman–Crippen LogP) is 1.22. The third-order valence-electron chi connectivity index (χ3n) is 3.19. The van der Waals surface area contributed by atoms with E-state index >= 15 is 0 Å². The molecule has 0 atom stereocenters. The van der Waals surface area contributed by atoms with E-state index in [-0.39, 0.29) is 11.5 Å². The van der Waals surface area contributed by atoms with Crippen LogP contribution >= 0.6 is 0 Å². The average Bonchev–Trinajstić information content (AvgIpc) is 2.39. The minimum atomic E-state index is -0.500. The van der Waals surface area contributed by atoms with Crippen molar-refractivity contribution in [2.24, 2.45) is 0 Å². The molecule has 0 aliphatic carbocycles. The lowest BCUT2D eigenvalue weighted by molar-refractivity contribution is 0.0659. The van der Waals surface area contributed by atoms with Gasteiger partial charge in [0, 0.05) is 26.2 Å². The van der Waals surface area contributed by atoms with Crippen molar-refractivity contribution in [3.63, 3.8) is 0 Å². The van der Waals surface area contributed by atoms with E-state index in [0.717, 1.165) is 13.1 Å². The van der Waals surface area contributed by atoms with E-state index in [0.29, 0.717) is 18.8 Å². The van der Waals surface area contributed by atoms with Crippen molar-refractivity contribution in [3.8, 4) is 5.75 Å². The van der Waals surface area contributed by atoms with E-state index < -0.39 is 5.82 Å². The molecule has 0 saturated carbocycles. The monoisotopic (exact) mass is 252 g/mol. The van der Waals surface area contributed by atoms with Gasteiger partial charge in [0.25, 0.3) is 5.91 Å². The van der Waals surface area contributed by atoms with Gasteiger partial charge in [-0.1, -0.05) is 0 Å². The van der Waals surface area contributed by atoms with E-state index in [1.165, 1.54) is 25.3 Å². The number of hydrogen-bond acceptors (Lipinski definition) is 3. The number of amides is 1. The zero-order valence-corrected chi connectivity index (χ0v) is 10.6. The highest BCUT2D eigenvalue weighted by Gasteiger charge is 2.23. The molecule has 1 fully saturated rings. The molecule has 5 heteroatoms. The third kappa shape index (κ3) is 2.61. The van der Waals surface area contributed by atoms with E-state index in [2.05, 4.69) is 4.90 Å². The minimum Gasteiger partial charge on any atom is -0.497 e. The number of rotatable bonds is 2. The summed E-state index contributed by atoms with van der Waals surface area (Å²) in [7, 11) is 3.51. The molecule has 1 saturated heterocycles. The van der Waals surface area contributed by atoms with Crippen LogP contribution in [0.4, 0.5) is 4.39 Å². The van der Waals surface area contributed by atoms with Gasteiger partial charge in [-0.05, 0) is 25.2 Å². The number of nitrogens with zero attached hydrogens (tertiary/aromatic N) is 2. The summed E-state index contributed by atoms with van der Waals surface area (Å²) in [6.07, 6.45) is 0. The fraction of sp³-hybridized carbons (Fsp3) is 0.462. The van der Waals surface area contributed by atoms with Gasteiger partial charge in [0.15, 0.2) is 0 Å². The van der Waals surface area contributed by atoms with Crippen LogP contribution in [-0.2, 0) is 0 Å². The quantitative estimate of drug-likeness (QED) is 0.793. The maximum atomic E-state index is 13.7. The number of carbonyl (C=O) groups excluding carboxylic acids is 1. The molecule has 18 heavy (non-hydrogen) atoms. The molecule has 0 N–H and O–H groups in total. The highest BCUT2D eigenvalue weighted by atomic mass is 19.1. The van der Waals surface area contributed by atoms with Crippen molar-refractivity contribution in [2.75, 3.05) is 40.3 Å². The van der Waals surface area contributed by atoms with Crippen molar-refractivity contribution in [1.82, 2.24) is 9.80 Å². The molecule has 0 bridgehead atoms. The molecule has 1 aliphatic heterocycles. The molecule has 0 radical (unpaired) electrons. The highest BCUT2D eigenvalue weighted by Crippen LogP contribution is 2.18. The van der Waals surface area contributed by atoms with Crippen LogP contribution in [0.5, 0.6) is 5.75 Å². The van der Waals surface area contributed by atoms with Crippen molar-refractivity contribution in [1.29, 1.82) is 0 Å². The summed E-state index contributed by atoms with van der Waals surface area (Å²) in [5, 5.41) is 0. The highest BCUT2D eigenvalue weighted by molar-refractivity contribution is 5.95. The van der Waals surface area contributed by atoms with Crippen LogP contribution in [0.3, 0.4) is 0 Å². The summed E-state index contributed by atoms with van der Waals surface area (Å²) in [4.78, 5) is 16.0. The van der Waals surface area contributed by atoms with Crippen molar-refractivity contribution < 1.29 is 13.9 Å². The van der Waals surface area contributed by atoms with Crippen molar-refractivity contribution in [3.05, 3.63) is 29.6 Å². The molecule has 98 valence electrons. The van der Waals surface area contributed by atoms with Crippen molar-refractivity contribution in [2.45, 2.75) is 0 Å². The second-order valence-corrected chi connectivity index (χ2v) is 4.44. The molecule has 0 aromatic heterocycles. The first-order valence-corrected chi connectivity index (χ1v) is 5.93. The molecule has 1 aliphatic rings. The summed E-state index contributed by atoms with van der Waals surface area (Å²) in [6.45, 7) is 2.90. The second kappa shape index (κ2) is 5.35. The van der Waals surface area contributed by atoms with Crippen LogP contribution in [0.2, 0.25) is 0 Å². The van der Waals surface area contributed by atoms with Crippen LogP contribution in [-0.4, -0.2) is 56.0 Å². The Hall–Kier alpha value is -1.62. The summed E-state index contributed by atoms with van der Waals surface area (Å²) >= 11 is 0. The Labute approximate surface area is 106 Å². The first-order chi connectivity index (χ1) is 8.61. The Bertz CT molecular complexity index is 443. The topological polar surface area (TPSA) is 32.8 Å². The maximum absolute atomic E-state index is 13.7. The first kappa shape index (κ1) is 12.8. The molecule has 2 rings (SSSR count). The van der Waals surface area contributed by atoms with Crippen LogP contribution in [0.25, 0.3) is 0 Å². The van der Waals surface area contributed by atoms with E-state index in [1.54, 1.807) is 4.90 Å². The van der Waals surface area contributed by atoms with Crippen LogP contribution < -0.4 is 4.74 Å². The molecular weight excluding hydrogens is 235 g/mol. The number of ether oxygens (including phenoxy) is 1. The SMILES string of the molecule is COc1ccc(F)c(C(=O)N2CCN(C)CC2)c1. The molecule has 4 nitrogen and oxygen atoms in total. The Kier molecular flexibility index (Phi) is 3.81. The van der Waals surface area contributed by atoms with Crippen LogP contribution in [0.1, 0.15) is 10.4 Å². The fourth-order valence-corrected chi connectivity index (χ4v) is 1.98. The number of piperazine rings is 1. The number of hydrogen-bond donors (Lipinski definition) is 0. The third-order valence-corrected chi connectivity index (χ3v) is 3.19. The largest absolute Gasteiger partial charge is 0.497 e. The fourth-order valence-electron chi connectivity index (χ4n) is 1.98. The maximum Gasteiger partial charge on any atom is 0.257 e. The Morgan fingerprint density at radius 2 is 1.94 bits per heavy atom. The lowest BCUT2D eigenvalue weighted by Crippen LogP contribution is -2.47. The lowest BCUT2D eigenvalue weighted by Gasteiger charge is -2.32. The van der Waals surface area contributed by atoms with Gasteiger partial charge < -0.3 is 14.5 Å². The van der Waals surface area contributed by atoms with E-state index in [4.69, 9.17) is 4.74 Å². The minimum absolute atomic E-state index is 0.0823. The van der Waals surface area contributed by atoms with Gasteiger partial charge in [-0.15, -0.1) is 0 Å². The predicted molar refractivity (Wildman–Crippen MR) is 66.4 cm³/mol. The summed E-state index contributed by atoms with van der Waals surface area (Å²) in [5.41, 5.74) is 0.0823. The molecule has 1 aromatic rings. The molecule has 0 spiro atoms. The summed E-state index contributed by atoms with van der Waals surface area (Å²) in [6, 6.07) is 4.23. The first-order valence-electron chi connectivity index (χ1n) is 5.93. The number of likely N-dealkylation sites (N-methyl/N-ethyl adjacent to an activating group) is 1. The Morgan fingerprint density at radius 1 is 1.28 bits per heavy atom. The normalized spacial score (nSPS) is 16.7. The second-order valence-electron chi connectivity index (χ2n) is 4.44. The standard InChI is InChI=1S/C13H17FN2O2/c1-15-5-7-16(8-6-15)13(17)11-9-10(18-2)3-4-12(11)14/h3-4,9H,5-8H2,1-2H3. The molecule has 1 heterocycles. The van der Waals surface area contributed by atoms with Gasteiger partial charge >= 0.3 is 0 Å². The molecule has 1 amide bonds. The smallest absolute Gasteiger partial charge is 0.257 e. The Balaban J connectivity index is 2.17.